The molecule has 0 atom stereocenters. The predicted octanol–water partition coefficient (Wildman–Crippen LogP) is 0.773. The zero-order chi connectivity index (χ0) is 6.53. The predicted molar refractivity (Wildman–Crippen MR) is 32.5 cm³/mol. The number of imidazole rings is 1. The van der Waals surface area contributed by atoms with Crippen molar-refractivity contribution < 1.29 is 5.11 Å². The number of hydrogen-bond acceptors (Lipinski definition) is 1. The van der Waals surface area contributed by atoms with E-state index in [0.29, 0.717) is 6.42 Å². The Morgan fingerprint density at radius 1 is 1.67 bits per heavy atom. The van der Waals surface area contributed by atoms with Gasteiger partial charge < -0.3 is 4.98 Å². The number of hydrogen-bond donors (Lipinski definition) is 1. The van der Waals surface area contributed by atoms with Crippen LogP contribution in [0.15, 0.2) is 12.4 Å². The summed E-state index contributed by atoms with van der Waals surface area (Å²) in [5.41, 5.74) is 0. The van der Waals surface area contributed by atoms with Crippen molar-refractivity contribution in [2.75, 3.05) is 6.61 Å². The third-order valence-electron chi connectivity index (χ3n) is 1.11. The van der Waals surface area contributed by atoms with Crippen LogP contribution in [0.1, 0.15) is 12.2 Å². The molecule has 1 heterocycles. The van der Waals surface area contributed by atoms with Crippen LogP contribution in [0.2, 0.25) is 0 Å². The summed E-state index contributed by atoms with van der Waals surface area (Å²) >= 11 is 0. The smallest absolute Gasteiger partial charge is 0.106 e. The number of nitrogens with zero attached hydrogens (tertiary/aromatic N) is 1. The van der Waals surface area contributed by atoms with E-state index < -0.39 is 0 Å². The molecule has 3 nitrogen and oxygen atoms in total. The minimum absolute atomic E-state index is 0.0132. The molecule has 0 bridgehead atoms. The van der Waals surface area contributed by atoms with E-state index in [1.165, 1.54) is 0 Å². The summed E-state index contributed by atoms with van der Waals surface area (Å²) in [5.74, 6) is 0.908. The molecular formula is C6H9N2O. The van der Waals surface area contributed by atoms with Crippen molar-refractivity contribution in [1.82, 2.24) is 9.97 Å². The minimum Gasteiger partial charge on any atom is -0.349 e. The molecule has 1 aromatic heterocycles. The fourth-order valence-electron chi connectivity index (χ4n) is 0.674. The molecule has 1 aromatic rings. The highest BCUT2D eigenvalue weighted by molar-refractivity contribution is 4.86. The van der Waals surface area contributed by atoms with Crippen LogP contribution in [0.5, 0.6) is 0 Å². The van der Waals surface area contributed by atoms with Crippen LogP contribution in [-0.2, 0) is 11.5 Å². The van der Waals surface area contributed by atoms with Crippen molar-refractivity contribution in [1.29, 1.82) is 0 Å². The van der Waals surface area contributed by atoms with E-state index in [-0.39, 0.29) is 6.61 Å². The van der Waals surface area contributed by atoms with Gasteiger partial charge in [-0.05, 0) is 6.42 Å². The fourth-order valence-corrected chi connectivity index (χ4v) is 0.674. The summed E-state index contributed by atoms with van der Waals surface area (Å²) in [6.45, 7) is -0.0132. The number of aromatic amines is 1. The van der Waals surface area contributed by atoms with Crippen LogP contribution in [0, 0.1) is 0 Å². The maximum atomic E-state index is 9.98. The van der Waals surface area contributed by atoms with E-state index in [1.54, 1.807) is 12.4 Å². The van der Waals surface area contributed by atoms with E-state index in [1.807, 2.05) is 0 Å². The van der Waals surface area contributed by atoms with Gasteiger partial charge in [-0.1, -0.05) is 0 Å². The summed E-state index contributed by atoms with van der Waals surface area (Å²) in [7, 11) is 0. The van der Waals surface area contributed by atoms with E-state index in [9.17, 15) is 5.11 Å². The lowest BCUT2D eigenvalue weighted by Crippen LogP contribution is -1.89. The summed E-state index contributed by atoms with van der Waals surface area (Å²) in [6, 6.07) is 0. The zero-order valence-electron chi connectivity index (χ0n) is 5.13. The molecule has 0 aliphatic rings. The van der Waals surface area contributed by atoms with Gasteiger partial charge in [0.2, 0.25) is 0 Å². The van der Waals surface area contributed by atoms with Crippen LogP contribution in [0.4, 0.5) is 0 Å². The molecule has 0 aliphatic carbocycles. The van der Waals surface area contributed by atoms with Gasteiger partial charge in [0.1, 0.15) is 5.82 Å². The maximum Gasteiger partial charge on any atom is 0.106 e. The SMILES string of the molecule is [O]CCCc1ncc[nH]1. The largest absolute Gasteiger partial charge is 0.349 e. The monoisotopic (exact) mass is 125 g/mol. The Balaban J connectivity index is 2.30. The quantitative estimate of drug-likeness (QED) is 0.637. The summed E-state index contributed by atoms with van der Waals surface area (Å²) in [5, 5.41) is 9.98. The fraction of sp³-hybridized carbons (Fsp3) is 0.500. The van der Waals surface area contributed by atoms with Crippen molar-refractivity contribution in [2.45, 2.75) is 12.8 Å². The van der Waals surface area contributed by atoms with Crippen molar-refractivity contribution in [3.63, 3.8) is 0 Å². The molecule has 3 heteroatoms. The first-order chi connectivity index (χ1) is 4.43. The van der Waals surface area contributed by atoms with E-state index in [0.717, 1.165) is 12.2 Å². The third kappa shape index (κ3) is 1.85. The number of aromatic nitrogens is 2. The molecule has 0 spiro atoms. The second kappa shape index (κ2) is 3.25. The Labute approximate surface area is 53.7 Å². The lowest BCUT2D eigenvalue weighted by atomic mass is 10.3. The average Bonchev–Trinajstić information content (AvgIpc) is 2.34. The number of H-pyrrole nitrogens is 1. The number of nitrogens with one attached hydrogen (secondary N) is 1. The topological polar surface area (TPSA) is 48.6 Å². The van der Waals surface area contributed by atoms with Crippen molar-refractivity contribution in [3.8, 4) is 0 Å². The molecule has 0 unspecified atom stereocenters. The zero-order valence-corrected chi connectivity index (χ0v) is 5.13. The standard InChI is InChI=1S/C6H9N2O/c9-5-1-2-6-7-3-4-8-6/h3-4H,1-2,5H2,(H,7,8). The average molecular weight is 125 g/mol. The van der Waals surface area contributed by atoms with Crippen molar-refractivity contribution in [3.05, 3.63) is 18.2 Å². The lowest BCUT2D eigenvalue weighted by molar-refractivity contribution is 0.189. The highest BCUT2D eigenvalue weighted by Gasteiger charge is 1.91. The van der Waals surface area contributed by atoms with Gasteiger partial charge in [-0.3, -0.25) is 0 Å². The Morgan fingerprint density at radius 2 is 2.56 bits per heavy atom. The molecule has 0 amide bonds. The van der Waals surface area contributed by atoms with Crippen LogP contribution in [-0.4, -0.2) is 16.6 Å². The molecular weight excluding hydrogens is 116 g/mol. The highest BCUT2D eigenvalue weighted by Crippen LogP contribution is 1.92. The molecule has 0 fully saturated rings. The summed E-state index contributed by atoms with van der Waals surface area (Å²) < 4.78 is 0. The van der Waals surface area contributed by atoms with Crippen LogP contribution in [0.25, 0.3) is 0 Å². The van der Waals surface area contributed by atoms with Crippen LogP contribution >= 0.6 is 0 Å². The first-order valence-electron chi connectivity index (χ1n) is 3.00. The van der Waals surface area contributed by atoms with Gasteiger partial charge in [0.15, 0.2) is 0 Å². The Bertz CT molecular complexity index is 148. The van der Waals surface area contributed by atoms with Gasteiger partial charge in [0, 0.05) is 18.8 Å². The molecule has 1 N–H and O–H groups in total. The van der Waals surface area contributed by atoms with Crippen molar-refractivity contribution >= 4 is 0 Å². The molecule has 0 aromatic carbocycles. The Hall–Kier alpha value is -0.830. The number of aryl methyl sites for hydroxylation is 1. The molecule has 1 radical (unpaired) electrons. The minimum atomic E-state index is -0.0132. The molecule has 9 heavy (non-hydrogen) atoms. The highest BCUT2D eigenvalue weighted by atomic mass is 16.2. The maximum absolute atomic E-state index is 9.98. The molecule has 0 aliphatic heterocycles. The Kier molecular flexibility index (Phi) is 2.27. The van der Waals surface area contributed by atoms with Crippen molar-refractivity contribution in [2.24, 2.45) is 0 Å². The summed E-state index contributed by atoms with van der Waals surface area (Å²) in [6.07, 6.45) is 4.91. The molecule has 0 saturated carbocycles. The van der Waals surface area contributed by atoms with Crippen LogP contribution in [0.3, 0.4) is 0 Å². The third-order valence-corrected chi connectivity index (χ3v) is 1.11. The van der Waals surface area contributed by atoms with Gasteiger partial charge >= 0.3 is 0 Å². The lowest BCUT2D eigenvalue weighted by Gasteiger charge is -1.88. The second-order valence-corrected chi connectivity index (χ2v) is 1.84. The molecule has 0 saturated heterocycles. The van der Waals surface area contributed by atoms with Gasteiger partial charge in [-0.25, -0.2) is 10.1 Å². The Morgan fingerprint density at radius 3 is 3.11 bits per heavy atom. The molecule has 49 valence electrons. The molecule has 1 rings (SSSR count). The van der Waals surface area contributed by atoms with Gasteiger partial charge in [0.05, 0.1) is 6.61 Å². The first kappa shape index (κ1) is 6.29. The number of rotatable bonds is 3. The van der Waals surface area contributed by atoms with E-state index in [4.69, 9.17) is 0 Å². The van der Waals surface area contributed by atoms with Gasteiger partial charge in [-0.2, -0.15) is 0 Å². The van der Waals surface area contributed by atoms with Gasteiger partial charge in [-0.15, -0.1) is 0 Å². The van der Waals surface area contributed by atoms with E-state index in [2.05, 4.69) is 9.97 Å². The van der Waals surface area contributed by atoms with Gasteiger partial charge in [0.25, 0.3) is 0 Å². The normalized spacial score (nSPS) is 9.89. The van der Waals surface area contributed by atoms with E-state index >= 15 is 0 Å². The summed E-state index contributed by atoms with van der Waals surface area (Å²) in [4.78, 5) is 6.88. The van der Waals surface area contributed by atoms with Crippen LogP contribution < -0.4 is 0 Å². The second-order valence-electron chi connectivity index (χ2n) is 1.84. The first-order valence-corrected chi connectivity index (χ1v) is 3.00.